The highest BCUT2D eigenvalue weighted by molar-refractivity contribution is 5.83. The molecular formula is C22H26N2O2. The number of carbonyl (C=O) groups is 1. The predicted molar refractivity (Wildman–Crippen MR) is 103 cm³/mol. The predicted octanol–water partition coefficient (Wildman–Crippen LogP) is 3.06. The molecule has 4 nitrogen and oxygen atoms in total. The molecule has 1 heterocycles. The van der Waals surface area contributed by atoms with Crippen molar-refractivity contribution in [2.75, 3.05) is 6.54 Å². The zero-order valence-corrected chi connectivity index (χ0v) is 14.9. The molecule has 1 aliphatic rings. The van der Waals surface area contributed by atoms with Crippen LogP contribution in [-0.4, -0.2) is 34.5 Å². The van der Waals surface area contributed by atoms with Crippen LogP contribution >= 0.6 is 0 Å². The number of benzene rings is 2. The number of likely N-dealkylation sites (tertiary alicyclic amines) is 1. The summed E-state index contributed by atoms with van der Waals surface area (Å²) < 4.78 is 0. The molecule has 0 aliphatic carbocycles. The molecule has 1 amide bonds. The Labute approximate surface area is 155 Å². The molecule has 0 aromatic heterocycles. The summed E-state index contributed by atoms with van der Waals surface area (Å²) in [6, 6.07) is 19.2. The number of hydrogen-bond donors (Lipinski definition) is 2. The number of nitrogens with one attached hydrogen (secondary N) is 1. The topological polar surface area (TPSA) is 52.6 Å². The quantitative estimate of drug-likeness (QED) is 0.755. The third-order valence-corrected chi connectivity index (χ3v) is 4.96. The molecule has 1 saturated heterocycles. The van der Waals surface area contributed by atoms with Gasteiger partial charge in [-0.2, -0.15) is 0 Å². The van der Waals surface area contributed by atoms with E-state index in [1.54, 1.807) is 11.0 Å². The highest BCUT2D eigenvalue weighted by Crippen LogP contribution is 2.29. The van der Waals surface area contributed by atoms with Gasteiger partial charge in [-0.05, 0) is 24.0 Å². The van der Waals surface area contributed by atoms with Crippen LogP contribution in [0.4, 0.5) is 0 Å². The lowest BCUT2D eigenvalue weighted by Crippen LogP contribution is -2.56. The van der Waals surface area contributed by atoms with Crippen molar-refractivity contribution < 1.29 is 9.90 Å². The Hall–Kier alpha value is -2.43. The first-order valence-electron chi connectivity index (χ1n) is 9.12. The summed E-state index contributed by atoms with van der Waals surface area (Å²) in [6.07, 6.45) is 2.51. The lowest BCUT2D eigenvalue weighted by molar-refractivity contribution is -0.142. The minimum absolute atomic E-state index is 0.0343. The molecule has 2 aromatic rings. The van der Waals surface area contributed by atoms with Gasteiger partial charge in [-0.3, -0.25) is 4.79 Å². The van der Waals surface area contributed by atoms with E-state index in [9.17, 15) is 9.90 Å². The van der Waals surface area contributed by atoms with Gasteiger partial charge in [0.1, 0.15) is 0 Å². The number of hydrogen-bond acceptors (Lipinski definition) is 3. The minimum Gasteiger partial charge on any atom is -0.386 e. The highest BCUT2D eigenvalue weighted by Gasteiger charge is 2.38. The molecule has 1 fully saturated rings. The Bertz CT molecular complexity index is 717. The van der Waals surface area contributed by atoms with Gasteiger partial charge in [0.2, 0.25) is 5.91 Å². The molecule has 2 unspecified atom stereocenters. The van der Waals surface area contributed by atoms with Crippen LogP contribution in [0.5, 0.6) is 0 Å². The number of amides is 1. The molecular weight excluding hydrogens is 324 g/mol. The van der Waals surface area contributed by atoms with E-state index in [1.165, 1.54) is 0 Å². The average molecular weight is 350 g/mol. The van der Waals surface area contributed by atoms with E-state index in [2.05, 4.69) is 11.9 Å². The molecule has 136 valence electrons. The average Bonchev–Trinajstić information content (AvgIpc) is 2.69. The molecule has 0 saturated carbocycles. The molecule has 3 atom stereocenters. The molecule has 26 heavy (non-hydrogen) atoms. The van der Waals surface area contributed by atoms with Gasteiger partial charge in [-0.1, -0.05) is 66.7 Å². The van der Waals surface area contributed by atoms with E-state index < -0.39 is 6.10 Å². The Morgan fingerprint density at radius 2 is 1.77 bits per heavy atom. The summed E-state index contributed by atoms with van der Waals surface area (Å²) in [7, 11) is 0. The van der Waals surface area contributed by atoms with Crippen LogP contribution < -0.4 is 5.32 Å². The van der Waals surface area contributed by atoms with Gasteiger partial charge >= 0.3 is 0 Å². The summed E-state index contributed by atoms with van der Waals surface area (Å²) >= 11 is 0. The lowest BCUT2D eigenvalue weighted by Gasteiger charge is -2.41. The highest BCUT2D eigenvalue weighted by atomic mass is 16.3. The first-order valence-corrected chi connectivity index (χ1v) is 9.12. The number of piperidine rings is 1. The summed E-state index contributed by atoms with van der Waals surface area (Å²) in [5.41, 5.74) is 2.00. The van der Waals surface area contributed by atoms with Crippen LogP contribution in [0.2, 0.25) is 0 Å². The van der Waals surface area contributed by atoms with Gasteiger partial charge in [0.25, 0.3) is 0 Å². The van der Waals surface area contributed by atoms with Gasteiger partial charge in [0.15, 0.2) is 0 Å². The maximum Gasteiger partial charge on any atom is 0.240 e. The molecule has 0 radical (unpaired) electrons. The van der Waals surface area contributed by atoms with Crippen molar-refractivity contribution in [2.24, 2.45) is 0 Å². The van der Waals surface area contributed by atoms with Gasteiger partial charge in [-0.15, -0.1) is 6.58 Å². The summed E-state index contributed by atoms with van der Waals surface area (Å²) in [6.45, 7) is 4.88. The van der Waals surface area contributed by atoms with Gasteiger partial charge in [-0.25, -0.2) is 0 Å². The second kappa shape index (κ2) is 8.79. The fourth-order valence-corrected chi connectivity index (χ4v) is 3.57. The number of nitrogens with zero attached hydrogens (tertiary/aromatic N) is 1. The SMILES string of the molecule is C=CCN1C(=O)[C@@H](NCc2ccccc2)CCC1C(O)c1ccccc1. The minimum atomic E-state index is -0.685. The Kier molecular flexibility index (Phi) is 6.21. The number of aliphatic hydroxyl groups excluding tert-OH is 1. The molecule has 0 spiro atoms. The van der Waals surface area contributed by atoms with Crippen molar-refractivity contribution in [3.05, 3.63) is 84.4 Å². The number of aliphatic hydroxyl groups is 1. The molecule has 2 aromatic carbocycles. The van der Waals surface area contributed by atoms with E-state index in [1.807, 2.05) is 60.7 Å². The van der Waals surface area contributed by atoms with Gasteiger partial charge < -0.3 is 15.3 Å². The standard InChI is InChI=1S/C22H26N2O2/c1-2-15-24-20(21(25)18-11-7-4-8-12-18)14-13-19(22(24)26)23-16-17-9-5-3-6-10-17/h2-12,19-21,23,25H,1,13-16H2/t19-,20?,21?/m0/s1. The third-order valence-electron chi connectivity index (χ3n) is 4.96. The van der Waals surface area contributed by atoms with Crippen LogP contribution in [0, 0.1) is 0 Å². The summed E-state index contributed by atoms with van der Waals surface area (Å²) in [4.78, 5) is 14.7. The monoisotopic (exact) mass is 350 g/mol. The van der Waals surface area contributed by atoms with Crippen molar-refractivity contribution in [3.8, 4) is 0 Å². The summed E-state index contributed by atoms with van der Waals surface area (Å²) in [5.74, 6) is 0.0343. The number of rotatable bonds is 7. The zero-order valence-electron chi connectivity index (χ0n) is 14.9. The third kappa shape index (κ3) is 4.21. The first-order chi connectivity index (χ1) is 12.7. The normalized spacial score (nSPS) is 21.4. The Morgan fingerprint density at radius 1 is 1.12 bits per heavy atom. The molecule has 4 heteroatoms. The van der Waals surface area contributed by atoms with Crippen molar-refractivity contribution in [3.63, 3.8) is 0 Å². The van der Waals surface area contributed by atoms with E-state index in [0.717, 1.165) is 17.5 Å². The fourth-order valence-electron chi connectivity index (χ4n) is 3.57. The number of carbonyl (C=O) groups excluding carboxylic acids is 1. The first kappa shape index (κ1) is 18.4. The lowest BCUT2D eigenvalue weighted by atomic mass is 9.90. The summed E-state index contributed by atoms with van der Waals surface area (Å²) in [5, 5.41) is 14.2. The second-order valence-corrected chi connectivity index (χ2v) is 6.70. The van der Waals surface area contributed by atoms with Crippen LogP contribution in [0.15, 0.2) is 73.3 Å². The maximum atomic E-state index is 13.0. The van der Waals surface area contributed by atoms with Crippen molar-refractivity contribution in [1.29, 1.82) is 0 Å². The van der Waals surface area contributed by atoms with E-state index in [-0.39, 0.29) is 18.0 Å². The molecule has 3 rings (SSSR count). The zero-order chi connectivity index (χ0) is 18.4. The van der Waals surface area contributed by atoms with Crippen molar-refractivity contribution in [1.82, 2.24) is 10.2 Å². The van der Waals surface area contributed by atoms with Crippen LogP contribution in [0.1, 0.15) is 30.1 Å². The Morgan fingerprint density at radius 3 is 2.42 bits per heavy atom. The molecule has 0 bridgehead atoms. The van der Waals surface area contributed by atoms with Crippen molar-refractivity contribution >= 4 is 5.91 Å². The van der Waals surface area contributed by atoms with Crippen molar-refractivity contribution in [2.45, 2.75) is 37.6 Å². The fraction of sp³-hybridized carbons (Fsp3) is 0.318. The van der Waals surface area contributed by atoms with E-state index in [4.69, 9.17) is 0 Å². The Balaban J connectivity index is 1.69. The van der Waals surface area contributed by atoms with E-state index in [0.29, 0.717) is 19.5 Å². The second-order valence-electron chi connectivity index (χ2n) is 6.70. The molecule has 1 aliphatic heterocycles. The van der Waals surface area contributed by atoms with Crippen LogP contribution in [0.25, 0.3) is 0 Å². The van der Waals surface area contributed by atoms with Gasteiger partial charge in [0, 0.05) is 13.1 Å². The maximum absolute atomic E-state index is 13.0. The molecule has 2 N–H and O–H groups in total. The largest absolute Gasteiger partial charge is 0.386 e. The smallest absolute Gasteiger partial charge is 0.240 e. The van der Waals surface area contributed by atoms with Crippen LogP contribution in [0.3, 0.4) is 0 Å². The van der Waals surface area contributed by atoms with E-state index >= 15 is 0 Å². The van der Waals surface area contributed by atoms with Gasteiger partial charge in [0.05, 0.1) is 18.2 Å². The van der Waals surface area contributed by atoms with Crippen LogP contribution in [-0.2, 0) is 11.3 Å².